The van der Waals surface area contributed by atoms with Gasteiger partial charge in [-0.25, -0.2) is 0 Å². The fraction of sp³-hybridized carbons (Fsp3) is 0.389. The van der Waals surface area contributed by atoms with E-state index in [1.54, 1.807) is 4.90 Å². The average Bonchev–Trinajstić information content (AvgIpc) is 2.54. The van der Waals surface area contributed by atoms with Crippen LogP contribution < -0.4 is 15.4 Å². The SMILES string of the molecule is COc1nc(N)c2c(n1)CCN(c1ccc(C3CCC3)cc1)C2=O. The molecule has 6 nitrogen and oxygen atoms in total. The van der Waals surface area contributed by atoms with Crippen LogP contribution >= 0.6 is 0 Å². The van der Waals surface area contributed by atoms with E-state index in [0.717, 1.165) is 5.69 Å². The maximum atomic E-state index is 12.8. The van der Waals surface area contributed by atoms with Crippen LogP contribution in [0.1, 0.15) is 46.8 Å². The highest BCUT2D eigenvalue weighted by Crippen LogP contribution is 2.37. The lowest BCUT2D eigenvalue weighted by molar-refractivity contribution is 0.0980. The molecule has 1 fully saturated rings. The highest BCUT2D eigenvalue weighted by Gasteiger charge is 2.30. The fourth-order valence-corrected chi connectivity index (χ4v) is 3.38. The Balaban J connectivity index is 1.63. The van der Waals surface area contributed by atoms with Crippen molar-refractivity contribution < 1.29 is 9.53 Å². The summed E-state index contributed by atoms with van der Waals surface area (Å²) in [6.07, 6.45) is 4.49. The summed E-state index contributed by atoms with van der Waals surface area (Å²) >= 11 is 0. The Kier molecular flexibility index (Phi) is 3.59. The Morgan fingerprint density at radius 1 is 1.21 bits per heavy atom. The number of hydrogen-bond donors (Lipinski definition) is 1. The highest BCUT2D eigenvalue weighted by atomic mass is 16.5. The maximum absolute atomic E-state index is 12.8. The third-order valence-electron chi connectivity index (χ3n) is 4.99. The van der Waals surface area contributed by atoms with Gasteiger partial charge in [-0.2, -0.15) is 9.97 Å². The first-order valence-corrected chi connectivity index (χ1v) is 8.29. The zero-order chi connectivity index (χ0) is 16.7. The molecule has 2 aromatic rings. The average molecular weight is 324 g/mol. The van der Waals surface area contributed by atoms with Crippen LogP contribution in [0.2, 0.25) is 0 Å². The van der Waals surface area contributed by atoms with E-state index in [0.29, 0.717) is 30.1 Å². The van der Waals surface area contributed by atoms with Crippen LogP contribution in [-0.2, 0) is 6.42 Å². The summed E-state index contributed by atoms with van der Waals surface area (Å²) < 4.78 is 5.03. The highest BCUT2D eigenvalue weighted by molar-refractivity contribution is 6.10. The third kappa shape index (κ3) is 2.38. The molecule has 0 saturated heterocycles. The molecule has 4 rings (SSSR count). The van der Waals surface area contributed by atoms with Gasteiger partial charge in [-0.15, -0.1) is 0 Å². The molecule has 124 valence electrons. The molecular formula is C18H20N4O2. The third-order valence-corrected chi connectivity index (χ3v) is 4.99. The van der Waals surface area contributed by atoms with E-state index < -0.39 is 0 Å². The van der Waals surface area contributed by atoms with Crippen molar-refractivity contribution >= 4 is 17.4 Å². The van der Waals surface area contributed by atoms with Gasteiger partial charge in [-0.3, -0.25) is 4.79 Å². The lowest BCUT2D eigenvalue weighted by atomic mass is 9.80. The van der Waals surface area contributed by atoms with E-state index in [-0.39, 0.29) is 17.7 Å². The summed E-state index contributed by atoms with van der Waals surface area (Å²) in [7, 11) is 1.49. The molecule has 6 heteroatoms. The monoisotopic (exact) mass is 324 g/mol. The second-order valence-electron chi connectivity index (χ2n) is 6.34. The van der Waals surface area contributed by atoms with Crippen molar-refractivity contribution in [1.29, 1.82) is 0 Å². The van der Waals surface area contributed by atoms with Crippen molar-refractivity contribution in [2.75, 3.05) is 24.3 Å². The summed E-state index contributed by atoms with van der Waals surface area (Å²) in [5.41, 5.74) is 9.27. The molecule has 1 aromatic heterocycles. The summed E-state index contributed by atoms with van der Waals surface area (Å²) in [5.74, 6) is 0.721. The lowest BCUT2D eigenvalue weighted by Crippen LogP contribution is -2.39. The van der Waals surface area contributed by atoms with Crippen molar-refractivity contribution in [2.24, 2.45) is 0 Å². The second-order valence-corrected chi connectivity index (χ2v) is 6.34. The van der Waals surface area contributed by atoms with Gasteiger partial charge in [0.1, 0.15) is 11.4 Å². The Labute approximate surface area is 140 Å². The van der Waals surface area contributed by atoms with Gasteiger partial charge in [0.2, 0.25) is 0 Å². The lowest BCUT2D eigenvalue weighted by Gasteiger charge is -2.30. The molecule has 1 aliphatic carbocycles. The summed E-state index contributed by atoms with van der Waals surface area (Å²) in [4.78, 5) is 22.9. The Hall–Kier alpha value is -2.63. The molecule has 0 spiro atoms. The van der Waals surface area contributed by atoms with Crippen LogP contribution in [0.15, 0.2) is 24.3 Å². The number of aromatic nitrogens is 2. The molecule has 0 radical (unpaired) electrons. The number of anilines is 2. The second kappa shape index (κ2) is 5.78. The van der Waals surface area contributed by atoms with Gasteiger partial charge < -0.3 is 15.4 Å². The van der Waals surface area contributed by atoms with Crippen LogP contribution in [0.3, 0.4) is 0 Å². The number of nitrogen functional groups attached to an aromatic ring is 1. The molecule has 1 aromatic carbocycles. The molecule has 2 heterocycles. The molecule has 2 aliphatic rings. The number of carbonyl (C=O) groups is 1. The molecular weight excluding hydrogens is 304 g/mol. The first-order valence-electron chi connectivity index (χ1n) is 8.29. The fourth-order valence-electron chi connectivity index (χ4n) is 3.38. The van der Waals surface area contributed by atoms with Crippen molar-refractivity contribution in [3.63, 3.8) is 0 Å². The quantitative estimate of drug-likeness (QED) is 0.938. The zero-order valence-electron chi connectivity index (χ0n) is 13.7. The van der Waals surface area contributed by atoms with Crippen LogP contribution in [0, 0.1) is 0 Å². The molecule has 1 saturated carbocycles. The predicted octanol–water partition coefficient (Wildman–Crippen LogP) is 2.54. The number of benzene rings is 1. The minimum absolute atomic E-state index is 0.146. The number of methoxy groups -OCH3 is 1. The van der Waals surface area contributed by atoms with Crippen molar-refractivity contribution in [2.45, 2.75) is 31.6 Å². The molecule has 24 heavy (non-hydrogen) atoms. The smallest absolute Gasteiger partial charge is 0.318 e. The van der Waals surface area contributed by atoms with Gasteiger partial charge in [-0.1, -0.05) is 18.6 Å². The Morgan fingerprint density at radius 3 is 2.58 bits per heavy atom. The van der Waals surface area contributed by atoms with E-state index >= 15 is 0 Å². The van der Waals surface area contributed by atoms with Gasteiger partial charge >= 0.3 is 6.01 Å². The number of carbonyl (C=O) groups excluding carboxylic acids is 1. The summed E-state index contributed by atoms with van der Waals surface area (Å²) in [6, 6.07) is 8.53. The first kappa shape index (κ1) is 14.9. The van der Waals surface area contributed by atoms with E-state index in [4.69, 9.17) is 10.5 Å². The molecule has 1 amide bonds. The number of fused-ring (bicyclic) bond motifs is 1. The molecule has 0 unspecified atom stereocenters. The number of rotatable bonds is 3. The molecule has 0 bridgehead atoms. The standard InChI is InChI=1S/C18H20N4O2/c1-24-18-20-14-9-10-22(17(23)15(14)16(19)21-18)13-7-5-12(6-8-13)11-3-2-4-11/h5-8,11H,2-4,9-10H2,1H3,(H2,19,20,21). The van der Waals surface area contributed by atoms with Crippen LogP contribution in [-0.4, -0.2) is 29.5 Å². The molecule has 0 atom stereocenters. The van der Waals surface area contributed by atoms with E-state index in [1.807, 2.05) is 12.1 Å². The Morgan fingerprint density at radius 2 is 1.96 bits per heavy atom. The van der Waals surface area contributed by atoms with Gasteiger partial charge in [0, 0.05) is 18.7 Å². The van der Waals surface area contributed by atoms with Gasteiger partial charge in [-0.05, 0) is 36.5 Å². The normalized spacial score (nSPS) is 17.4. The minimum atomic E-state index is -0.146. The minimum Gasteiger partial charge on any atom is -0.467 e. The van der Waals surface area contributed by atoms with Gasteiger partial charge in [0.15, 0.2) is 0 Å². The zero-order valence-corrected chi connectivity index (χ0v) is 13.7. The van der Waals surface area contributed by atoms with Crippen molar-refractivity contribution in [3.05, 3.63) is 41.1 Å². The van der Waals surface area contributed by atoms with Crippen molar-refractivity contribution in [3.8, 4) is 6.01 Å². The predicted molar refractivity (Wildman–Crippen MR) is 91.4 cm³/mol. The number of nitrogens with zero attached hydrogens (tertiary/aromatic N) is 3. The van der Waals surface area contributed by atoms with Gasteiger partial charge in [0.25, 0.3) is 5.91 Å². The Bertz CT molecular complexity index is 784. The van der Waals surface area contributed by atoms with Gasteiger partial charge in [0.05, 0.1) is 12.8 Å². The number of ether oxygens (including phenoxy) is 1. The van der Waals surface area contributed by atoms with Crippen LogP contribution in [0.4, 0.5) is 11.5 Å². The topological polar surface area (TPSA) is 81.3 Å². The maximum Gasteiger partial charge on any atom is 0.318 e. The van der Waals surface area contributed by atoms with E-state index in [1.165, 1.54) is 31.9 Å². The van der Waals surface area contributed by atoms with Crippen LogP contribution in [0.25, 0.3) is 0 Å². The van der Waals surface area contributed by atoms with Crippen LogP contribution in [0.5, 0.6) is 6.01 Å². The van der Waals surface area contributed by atoms with E-state index in [9.17, 15) is 4.79 Å². The number of amides is 1. The first-order chi connectivity index (χ1) is 11.7. The van der Waals surface area contributed by atoms with E-state index in [2.05, 4.69) is 22.1 Å². The molecule has 1 aliphatic heterocycles. The largest absolute Gasteiger partial charge is 0.467 e. The number of nitrogens with two attached hydrogens (primary N) is 1. The molecule has 2 N–H and O–H groups in total. The van der Waals surface area contributed by atoms with Crippen molar-refractivity contribution in [1.82, 2.24) is 9.97 Å². The summed E-state index contributed by atoms with van der Waals surface area (Å²) in [5, 5.41) is 0. The summed E-state index contributed by atoms with van der Waals surface area (Å²) in [6.45, 7) is 0.578. The number of hydrogen-bond acceptors (Lipinski definition) is 5.